The highest BCUT2D eigenvalue weighted by atomic mass is 16.5. The summed E-state index contributed by atoms with van der Waals surface area (Å²) in [4.78, 5) is 32.5. The predicted octanol–water partition coefficient (Wildman–Crippen LogP) is 0.195. The molecule has 0 aromatic heterocycles. The van der Waals surface area contributed by atoms with E-state index < -0.39 is 18.0 Å². The van der Waals surface area contributed by atoms with Crippen molar-refractivity contribution in [1.29, 1.82) is 0 Å². The van der Waals surface area contributed by atoms with Gasteiger partial charge in [-0.25, -0.2) is 0 Å². The van der Waals surface area contributed by atoms with E-state index in [1.165, 1.54) is 12.3 Å². The van der Waals surface area contributed by atoms with Crippen LogP contribution >= 0.6 is 0 Å². The number of carbonyl (C=O) groups excluding carboxylic acids is 2. The van der Waals surface area contributed by atoms with E-state index in [2.05, 4.69) is 15.3 Å². The van der Waals surface area contributed by atoms with Crippen molar-refractivity contribution in [3.63, 3.8) is 0 Å². The van der Waals surface area contributed by atoms with Crippen LogP contribution < -0.4 is 15.8 Å². The first-order valence-corrected chi connectivity index (χ1v) is 7.26. The van der Waals surface area contributed by atoms with Crippen LogP contribution in [0.1, 0.15) is 12.5 Å². The van der Waals surface area contributed by atoms with Crippen molar-refractivity contribution in [1.82, 2.24) is 5.32 Å². The Hall–Kier alpha value is -2.96. The number of benzene rings is 1. The minimum absolute atomic E-state index is 0.270. The number of amides is 2. The van der Waals surface area contributed by atoms with Gasteiger partial charge >= 0.3 is 0 Å². The van der Waals surface area contributed by atoms with Gasteiger partial charge in [-0.2, -0.15) is 0 Å². The smallest absolute Gasteiger partial charge is 0.252 e. The first kappa shape index (κ1) is 15.0. The van der Waals surface area contributed by atoms with Crippen molar-refractivity contribution >= 4 is 23.9 Å². The summed E-state index contributed by atoms with van der Waals surface area (Å²) in [7, 11) is 0. The van der Waals surface area contributed by atoms with Crippen molar-refractivity contribution in [2.75, 3.05) is 6.61 Å². The highest BCUT2D eigenvalue weighted by Gasteiger charge is 2.38. The average Bonchev–Trinajstić information content (AvgIpc) is 2.55. The lowest BCUT2D eigenvalue weighted by atomic mass is 9.94. The van der Waals surface area contributed by atoms with E-state index in [0.29, 0.717) is 23.8 Å². The van der Waals surface area contributed by atoms with E-state index in [9.17, 15) is 9.59 Å². The predicted molar refractivity (Wildman–Crippen MR) is 85.6 cm³/mol. The Bertz CT molecular complexity index is 751. The summed E-state index contributed by atoms with van der Waals surface area (Å²) in [6, 6.07) is 5.76. The summed E-state index contributed by atoms with van der Waals surface area (Å²) in [6.45, 7) is 2.36. The monoisotopic (exact) mass is 312 g/mol. The van der Waals surface area contributed by atoms with Crippen molar-refractivity contribution in [2.24, 2.45) is 15.7 Å². The largest absolute Gasteiger partial charge is 0.493 e. The second-order valence-electron chi connectivity index (χ2n) is 5.07. The number of primary amides is 1. The lowest BCUT2D eigenvalue weighted by Crippen LogP contribution is -2.51. The fourth-order valence-electron chi connectivity index (χ4n) is 2.59. The SMILES string of the molecule is CCOc1ccccc1C1=NC2C(C(N)=O)=CC=NC2C(=O)N1. The Kier molecular flexibility index (Phi) is 3.92. The van der Waals surface area contributed by atoms with Gasteiger partial charge in [0.1, 0.15) is 17.6 Å². The van der Waals surface area contributed by atoms with Crippen LogP contribution in [0.25, 0.3) is 0 Å². The number of amidine groups is 1. The third-order valence-electron chi connectivity index (χ3n) is 3.62. The number of para-hydroxylation sites is 1. The fourth-order valence-corrected chi connectivity index (χ4v) is 2.59. The number of hydrogen-bond acceptors (Lipinski definition) is 5. The highest BCUT2D eigenvalue weighted by Crippen LogP contribution is 2.25. The Morgan fingerprint density at radius 2 is 2.13 bits per heavy atom. The van der Waals surface area contributed by atoms with Gasteiger partial charge in [-0.05, 0) is 25.1 Å². The number of nitrogens with zero attached hydrogens (tertiary/aromatic N) is 2. The molecule has 0 saturated heterocycles. The fraction of sp³-hybridized carbons (Fsp3) is 0.250. The zero-order valence-electron chi connectivity index (χ0n) is 12.5. The van der Waals surface area contributed by atoms with Crippen molar-refractivity contribution < 1.29 is 14.3 Å². The first-order chi connectivity index (χ1) is 11.1. The van der Waals surface area contributed by atoms with Crippen LogP contribution in [-0.2, 0) is 9.59 Å². The summed E-state index contributed by atoms with van der Waals surface area (Å²) in [6.07, 6.45) is 2.91. The molecule has 0 fully saturated rings. The molecule has 23 heavy (non-hydrogen) atoms. The number of nitrogens with one attached hydrogen (secondary N) is 1. The molecule has 1 aromatic carbocycles. The molecule has 0 spiro atoms. The summed E-state index contributed by atoms with van der Waals surface area (Å²) in [5, 5.41) is 2.73. The summed E-state index contributed by atoms with van der Waals surface area (Å²) in [5.41, 5.74) is 6.31. The number of aliphatic imine (C=N–C) groups is 2. The second-order valence-corrected chi connectivity index (χ2v) is 5.07. The minimum atomic E-state index is -0.773. The van der Waals surface area contributed by atoms with E-state index in [4.69, 9.17) is 10.5 Å². The van der Waals surface area contributed by atoms with Gasteiger partial charge in [0.05, 0.1) is 12.2 Å². The molecule has 3 rings (SSSR count). The molecule has 2 unspecified atom stereocenters. The van der Waals surface area contributed by atoms with Gasteiger partial charge in [0, 0.05) is 11.8 Å². The molecule has 118 valence electrons. The lowest BCUT2D eigenvalue weighted by Gasteiger charge is -2.29. The standard InChI is InChI=1S/C16H16N4O3/c1-2-23-11-6-4-3-5-9(11)15-19-12-10(14(17)21)7-8-18-13(12)16(22)20-15/h3-8,12-13H,2H2,1H3,(H2,17,21)(H,19,20,22). The quantitative estimate of drug-likeness (QED) is 0.829. The van der Waals surface area contributed by atoms with Crippen LogP contribution in [-0.4, -0.2) is 42.6 Å². The maximum atomic E-state index is 12.3. The molecule has 2 aliphatic heterocycles. The number of dihydropyridines is 1. The maximum absolute atomic E-state index is 12.3. The van der Waals surface area contributed by atoms with Gasteiger partial charge in [-0.1, -0.05) is 12.1 Å². The van der Waals surface area contributed by atoms with E-state index in [-0.39, 0.29) is 11.5 Å². The molecule has 0 radical (unpaired) electrons. The molecule has 2 amide bonds. The number of allylic oxidation sites excluding steroid dienone is 1. The molecule has 2 aliphatic rings. The van der Waals surface area contributed by atoms with Gasteiger partial charge in [0.15, 0.2) is 6.04 Å². The van der Waals surface area contributed by atoms with Crippen LogP contribution in [0.4, 0.5) is 0 Å². The van der Waals surface area contributed by atoms with E-state index in [0.717, 1.165) is 0 Å². The van der Waals surface area contributed by atoms with Crippen molar-refractivity contribution in [2.45, 2.75) is 19.0 Å². The van der Waals surface area contributed by atoms with E-state index in [1.807, 2.05) is 19.1 Å². The zero-order chi connectivity index (χ0) is 16.4. The van der Waals surface area contributed by atoms with E-state index in [1.54, 1.807) is 12.1 Å². The third kappa shape index (κ3) is 2.73. The Morgan fingerprint density at radius 3 is 2.87 bits per heavy atom. The summed E-state index contributed by atoms with van der Waals surface area (Å²) < 4.78 is 5.57. The zero-order valence-corrected chi connectivity index (χ0v) is 12.5. The highest BCUT2D eigenvalue weighted by molar-refractivity contribution is 6.14. The summed E-state index contributed by atoms with van der Waals surface area (Å²) in [5.74, 6) is 0.0254. The molecular formula is C16H16N4O3. The van der Waals surface area contributed by atoms with Crippen molar-refractivity contribution in [3.8, 4) is 5.75 Å². The van der Waals surface area contributed by atoms with Crippen LogP contribution in [0, 0.1) is 0 Å². The normalized spacial score (nSPS) is 22.6. The molecule has 7 heteroatoms. The van der Waals surface area contributed by atoms with Gasteiger partial charge < -0.3 is 15.8 Å². The Balaban J connectivity index is 2.05. The number of carbonyl (C=O) groups is 2. The number of rotatable bonds is 4. The number of fused-ring (bicyclic) bond motifs is 1. The van der Waals surface area contributed by atoms with Crippen LogP contribution in [0.15, 0.2) is 45.9 Å². The number of hydrogen-bond donors (Lipinski definition) is 2. The second kappa shape index (κ2) is 6.04. The minimum Gasteiger partial charge on any atom is -0.493 e. The molecule has 2 atom stereocenters. The molecular weight excluding hydrogens is 296 g/mol. The molecule has 1 aromatic rings. The number of ether oxygens (including phenoxy) is 1. The Morgan fingerprint density at radius 1 is 1.35 bits per heavy atom. The lowest BCUT2D eigenvalue weighted by molar-refractivity contribution is -0.121. The molecule has 0 saturated carbocycles. The van der Waals surface area contributed by atoms with Gasteiger partial charge in [0.25, 0.3) is 5.91 Å². The van der Waals surface area contributed by atoms with E-state index >= 15 is 0 Å². The molecule has 2 heterocycles. The first-order valence-electron chi connectivity index (χ1n) is 7.26. The Labute approximate surface area is 132 Å². The van der Waals surface area contributed by atoms with Crippen molar-refractivity contribution in [3.05, 3.63) is 41.5 Å². The van der Waals surface area contributed by atoms with Gasteiger partial charge in [-0.15, -0.1) is 0 Å². The van der Waals surface area contributed by atoms with Crippen LogP contribution in [0.5, 0.6) is 5.75 Å². The van der Waals surface area contributed by atoms with Crippen LogP contribution in [0.3, 0.4) is 0 Å². The average molecular weight is 312 g/mol. The molecule has 0 bridgehead atoms. The number of nitrogens with two attached hydrogens (primary N) is 1. The van der Waals surface area contributed by atoms with Gasteiger partial charge in [-0.3, -0.25) is 19.6 Å². The third-order valence-corrected chi connectivity index (χ3v) is 3.62. The van der Waals surface area contributed by atoms with Gasteiger partial charge in [0.2, 0.25) is 5.91 Å². The molecule has 7 nitrogen and oxygen atoms in total. The molecule has 3 N–H and O–H groups in total. The summed E-state index contributed by atoms with van der Waals surface area (Å²) >= 11 is 0. The van der Waals surface area contributed by atoms with Crippen LogP contribution in [0.2, 0.25) is 0 Å². The maximum Gasteiger partial charge on any atom is 0.252 e. The molecule has 0 aliphatic carbocycles. The topological polar surface area (TPSA) is 106 Å².